The molecule has 3 aromatic carbocycles. The van der Waals surface area contributed by atoms with Crippen molar-refractivity contribution in [2.24, 2.45) is 5.92 Å². The third-order valence-electron chi connectivity index (χ3n) is 6.14. The molecule has 1 amide bonds. The molecule has 0 spiro atoms. The molecule has 0 radical (unpaired) electrons. The molecule has 0 aliphatic carbocycles. The molecule has 0 saturated carbocycles. The smallest absolute Gasteiger partial charge is 0.258 e. The number of amides is 1. The molecule has 0 fully saturated rings. The van der Waals surface area contributed by atoms with Crippen LogP contribution in [0.25, 0.3) is 0 Å². The van der Waals surface area contributed by atoms with Crippen LogP contribution in [0.4, 0.5) is 11.4 Å². The van der Waals surface area contributed by atoms with Gasteiger partial charge in [-0.1, -0.05) is 50.2 Å². The first-order valence-electron chi connectivity index (χ1n) is 11.1. The average Bonchev–Trinajstić information content (AvgIpc) is 2.81. The van der Waals surface area contributed by atoms with Crippen LogP contribution in [0.5, 0.6) is 5.75 Å². The van der Waals surface area contributed by atoms with Crippen molar-refractivity contribution in [1.82, 2.24) is 0 Å². The summed E-state index contributed by atoms with van der Waals surface area (Å²) in [4.78, 5) is 15.7. The Morgan fingerprint density at radius 1 is 0.935 bits per heavy atom. The SMILES string of the molecule is CCOc1ccc(C(=O)N2c3ccccc3[C@H](Nc3ccccc3)[C@@H](C)[C@@H]2CC)cc1. The Bertz CT molecular complexity index is 1020. The van der Waals surface area contributed by atoms with Gasteiger partial charge < -0.3 is 15.0 Å². The fourth-order valence-electron chi connectivity index (χ4n) is 4.63. The number of para-hydroxylation sites is 2. The van der Waals surface area contributed by atoms with Gasteiger partial charge in [-0.15, -0.1) is 0 Å². The van der Waals surface area contributed by atoms with E-state index in [1.165, 1.54) is 0 Å². The molecule has 1 heterocycles. The van der Waals surface area contributed by atoms with Crippen molar-refractivity contribution in [2.75, 3.05) is 16.8 Å². The highest BCUT2D eigenvalue weighted by Crippen LogP contribution is 2.44. The fourth-order valence-corrected chi connectivity index (χ4v) is 4.63. The number of nitrogens with one attached hydrogen (secondary N) is 1. The van der Waals surface area contributed by atoms with Crippen LogP contribution in [0.15, 0.2) is 78.9 Å². The number of hydrogen-bond acceptors (Lipinski definition) is 3. The lowest BCUT2D eigenvalue weighted by Gasteiger charge is -2.45. The predicted octanol–water partition coefficient (Wildman–Crippen LogP) is 6.31. The second-order valence-corrected chi connectivity index (χ2v) is 8.01. The summed E-state index contributed by atoms with van der Waals surface area (Å²) in [7, 11) is 0. The molecule has 0 unspecified atom stereocenters. The van der Waals surface area contributed by atoms with Crippen LogP contribution >= 0.6 is 0 Å². The van der Waals surface area contributed by atoms with E-state index in [1.807, 2.05) is 60.4 Å². The summed E-state index contributed by atoms with van der Waals surface area (Å²) in [6, 6.07) is 26.3. The van der Waals surface area contributed by atoms with E-state index in [2.05, 4.69) is 49.5 Å². The zero-order valence-corrected chi connectivity index (χ0v) is 18.4. The Labute approximate surface area is 184 Å². The molecule has 4 rings (SSSR count). The largest absolute Gasteiger partial charge is 0.494 e. The molecule has 1 aliphatic rings. The van der Waals surface area contributed by atoms with Gasteiger partial charge in [-0.05, 0) is 61.4 Å². The van der Waals surface area contributed by atoms with Gasteiger partial charge in [0.2, 0.25) is 0 Å². The number of rotatable bonds is 6. The van der Waals surface area contributed by atoms with E-state index in [1.54, 1.807) is 0 Å². The average molecular weight is 415 g/mol. The molecular weight excluding hydrogens is 384 g/mol. The highest BCUT2D eigenvalue weighted by atomic mass is 16.5. The number of carbonyl (C=O) groups is 1. The second kappa shape index (κ2) is 9.25. The van der Waals surface area contributed by atoms with E-state index in [0.29, 0.717) is 12.2 Å². The third-order valence-corrected chi connectivity index (χ3v) is 6.14. The first-order chi connectivity index (χ1) is 15.1. The quantitative estimate of drug-likeness (QED) is 0.514. The van der Waals surface area contributed by atoms with E-state index in [4.69, 9.17) is 4.74 Å². The second-order valence-electron chi connectivity index (χ2n) is 8.01. The Morgan fingerprint density at radius 2 is 1.61 bits per heavy atom. The van der Waals surface area contributed by atoms with Crippen LogP contribution in [0.2, 0.25) is 0 Å². The molecule has 31 heavy (non-hydrogen) atoms. The molecule has 3 atom stereocenters. The van der Waals surface area contributed by atoms with Crippen molar-refractivity contribution in [1.29, 1.82) is 0 Å². The van der Waals surface area contributed by atoms with Crippen molar-refractivity contribution in [3.8, 4) is 5.75 Å². The zero-order valence-electron chi connectivity index (χ0n) is 18.4. The van der Waals surface area contributed by atoms with E-state index in [9.17, 15) is 4.79 Å². The summed E-state index contributed by atoms with van der Waals surface area (Å²) >= 11 is 0. The topological polar surface area (TPSA) is 41.6 Å². The summed E-state index contributed by atoms with van der Waals surface area (Å²) in [5.41, 5.74) is 3.91. The van der Waals surface area contributed by atoms with E-state index in [0.717, 1.165) is 29.1 Å². The van der Waals surface area contributed by atoms with Crippen molar-refractivity contribution >= 4 is 17.3 Å². The minimum Gasteiger partial charge on any atom is -0.494 e. The lowest BCUT2D eigenvalue weighted by atomic mass is 9.80. The lowest BCUT2D eigenvalue weighted by Crippen LogP contribution is -2.50. The maximum absolute atomic E-state index is 13.7. The van der Waals surface area contributed by atoms with Gasteiger partial charge in [0.25, 0.3) is 5.91 Å². The highest BCUT2D eigenvalue weighted by molar-refractivity contribution is 6.07. The van der Waals surface area contributed by atoms with Crippen LogP contribution in [-0.2, 0) is 0 Å². The molecule has 1 N–H and O–H groups in total. The molecule has 0 saturated heterocycles. The van der Waals surface area contributed by atoms with Crippen molar-refractivity contribution < 1.29 is 9.53 Å². The van der Waals surface area contributed by atoms with E-state index >= 15 is 0 Å². The van der Waals surface area contributed by atoms with Crippen LogP contribution in [0.1, 0.15) is 49.2 Å². The molecular formula is C27H30N2O2. The minimum atomic E-state index is 0.0346. The summed E-state index contributed by atoms with van der Waals surface area (Å²) in [5, 5.41) is 3.72. The van der Waals surface area contributed by atoms with Crippen LogP contribution < -0.4 is 15.0 Å². The summed E-state index contributed by atoms with van der Waals surface area (Å²) in [6.45, 7) is 6.96. The molecule has 4 nitrogen and oxygen atoms in total. The summed E-state index contributed by atoms with van der Waals surface area (Å²) in [5.74, 6) is 1.06. The van der Waals surface area contributed by atoms with Gasteiger partial charge in [0, 0.05) is 28.9 Å². The fraction of sp³-hybridized carbons (Fsp3) is 0.296. The van der Waals surface area contributed by atoms with E-state index in [-0.39, 0.29) is 23.9 Å². The third kappa shape index (κ3) is 4.15. The monoisotopic (exact) mass is 414 g/mol. The van der Waals surface area contributed by atoms with Gasteiger partial charge in [0.05, 0.1) is 12.6 Å². The summed E-state index contributed by atoms with van der Waals surface area (Å²) < 4.78 is 5.54. The minimum absolute atomic E-state index is 0.0346. The van der Waals surface area contributed by atoms with Gasteiger partial charge >= 0.3 is 0 Å². The van der Waals surface area contributed by atoms with Crippen molar-refractivity contribution in [3.63, 3.8) is 0 Å². The van der Waals surface area contributed by atoms with Crippen LogP contribution in [-0.4, -0.2) is 18.6 Å². The Kier molecular flexibility index (Phi) is 6.26. The maximum Gasteiger partial charge on any atom is 0.258 e. The lowest BCUT2D eigenvalue weighted by molar-refractivity contribution is 0.0960. The standard InChI is InChI=1S/C27H30N2O2/c1-4-24-19(3)26(28-21-11-7-6-8-12-21)23-13-9-10-14-25(23)29(24)27(30)20-15-17-22(18-16-20)31-5-2/h6-19,24,26,28H,4-5H2,1-3H3/t19-,24-,26+/m0/s1. The number of hydrogen-bond donors (Lipinski definition) is 1. The summed E-state index contributed by atoms with van der Waals surface area (Å²) in [6.07, 6.45) is 0.880. The molecule has 160 valence electrons. The number of nitrogens with zero attached hydrogens (tertiary/aromatic N) is 1. The first-order valence-corrected chi connectivity index (χ1v) is 11.1. The highest BCUT2D eigenvalue weighted by Gasteiger charge is 2.40. The van der Waals surface area contributed by atoms with Crippen LogP contribution in [0.3, 0.4) is 0 Å². The van der Waals surface area contributed by atoms with Crippen molar-refractivity contribution in [3.05, 3.63) is 90.0 Å². The number of anilines is 2. The Hall–Kier alpha value is -3.27. The van der Waals surface area contributed by atoms with Crippen molar-refractivity contribution in [2.45, 2.75) is 39.3 Å². The zero-order chi connectivity index (χ0) is 21.8. The van der Waals surface area contributed by atoms with Gasteiger partial charge in [-0.3, -0.25) is 4.79 Å². The van der Waals surface area contributed by atoms with Gasteiger partial charge in [0.15, 0.2) is 0 Å². The maximum atomic E-state index is 13.7. The molecule has 1 aliphatic heterocycles. The van der Waals surface area contributed by atoms with E-state index < -0.39 is 0 Å². The normalized spacial score (nSPS) is 20.1. The molecule has 3 aromatic rings. The molecule has 0 aromatic heterocycles. The van der Waals surface area contributed by atoms with Gasteiger partial charge in [0.1, 0.15) is 5.75 Å². The number of ether oxygens (including phenoxy) is 1. The predicted molar refractivity (Wildman–Crippen MR) is 127 cm³/mol. The number of carbonyl (C=O) groups excluding carboxylic acids is 1. The Morgan fingerprint density at radius 3 is 2.29 bits per heavy atom. The molecule has 0 bridgehead atoms. The Balaban J connectivity index is 1.71. The number of fused-ring (bicyclic) bond motifs is 1. The van der Waals surface area contributed by atoms with Crippen LogP contribution in [0, 0.1) is 5.92 Å². The number of benzene rings is 3. The first kappa shape index (κ1) is 21.0. The van der Waals surface area contributed by atoms with Gasteiger partial charge in [-0.25, -0.2) is 0 Å². The molecule has 4 heteroatoms. The van der Waals surface area contributed by atoms with Gasteiger partial charge in [-0.2, -0.15) is 0 Å².